The molecule has 0 aliphatic rings. The number of aromatic nitrogens is 2. The third-order valence-electron chi connectivity index (χ3n) is 6.33. The third kappa shape index (κ3) is 5.19. The lowest BCUT2D eigenvalue weighted by Gasteiger charge is -2.24. The van der Waals surface area contributed by atoms with Gasteiger partial charge in [0.2, 0.25) is 0 Å². The molecule has 180 valence electrons. The quantitative estimate of drug-likeness (QED) is 0.248. The second kappa shape index (κ2) is 10.5. The lowest BCUT2D eigenvalue weighted by atomic mass is 10.1. The first kappa shape index (κ1) is 24.1. The number of amides is 1. The molecule has 4 rings (SSSR count). The molecule has 0 aliphatic carbocycles. The number of hydrogen-bond acceptors (Lipinski definition) is 3. The molecule has 0 spiro atoms. The molecule has 1 amide bonds. The van der Waals surface area contributed by atoms with Crippen LogP contribution in [0.25, 0.3) is 33.6 Å². The fourth-order valence-electron chi connectivity index (χ4n) is 4.31. The van der Waals surface area contributed by atoms with E-state index in [-0.39, 0.29) is 5.91 Å². The number of carbonyl (C=O) groups excluding carboxylic acids is 1. The summed E-state index contributed by atoms with van der Waals surface area (Å²) >= 11 is 0. The molecule has 0 unspecified atom stereocenters. The van der Waals surface area contributed by atoms with Crippen molar-refractivity contribution in [2.24, 2.45) is 11.8 Å². The summed E-state index contributed by atoms with van der Waals surface area (Å²) in [6.45, 7) is 13.4. The molecule has 0 saturated carbocycles. The fraction of sp³-hybridized carbons (Fsp3) is 0.448. The predicted octanol–water partition coefficient (Wildman–Crippen LogP) is 7.39. The standard InChI is InChI=1S/C29H37N3O2/c1-6-15-32-25-18-23(29(33)31(16-13-20(2)3)17-14-21(4)5)11-12-24(25)30-28(32)27-19-22-9-7-8-10-26(22)34-27/h7-12,18-21H,6,13-17H2,1-5H3. The molecule has 0 bridgehead atoms. The fourth-order valence-corrected chi connectivity index (χ4v) is 4.31. The minimum Gasteiger partial charge on any atom is -0.453 e. The molecule has 34 heavy (non-hydrogen) atoms. The Labute approximate surface area is 202 Å². The van der Waals surface area contributed by atoms with E-state index in [2.05, 4.69) is 45.3 Å². The summed E-state index contributed by atoms with van der Waals surface area (Å²) in [6, 6.07) is 16.0. The Hall–Kier alpha value is -3.08. The Kier molecular flexibility index (Phi) is 7.40. The first-order valence-corrected chi connectivity index (χ1v) is 12.7. The second-order valence-corrected chi connectivity index (χ2v) is 10.1. The second-order valence-electron chi connectivity index (χ2n) is 10.1. The number of imidazole rings is 1. The van der Waals surface area contributed by atoms with Gasteiger partial charge in [0.1, 0.15) is 5.58 Å². The Bertz CT molecular complexity index is 1220. The topological polar surface area (TPSA) is 51.3 Å². The molecule has 2 aromatic heterocycles. The summed E-state index contributed by atoms with van der Waals surface area (Å²) in [5, 5.41) is 1.06. The zero-order chi connectivity index (χ0) is 24.2. The van der Waals surface area contributed by atoms with Crippen LogP contribution in [0, 0.1) is 11.8 Å². The maximum Gasteiger partial charge on any atom is 0.253 e. The van der Waals surface area contributed by atoms with Gasteiger partial charge < -0.3 is 13.9 Å². The molecule has 5 nitrogen and oxygen atoms in total. The Morgan fingerprint density at radius 1 is 1.00 bits per heavy atom. The van der Waals surface area contributed by atoms with E-state index >= 15 is 0 Å². The average molecular weight is 460 g/mol. The van der Waals surface area contributed by atoms with Gasteiger partial charge in [0.25, 0.3) is 5.91 Å². The van der Waals surface area contributed by atoms with E-state index in [1.54, 1.807) is 0 Å². The summed E-state index contributed by atoms with van der Waals surface area (Å²) in [5.41, 5.74) is 3.45. The monoisotopic (exact) mass is 459 g/mol. The van der Waals surface area contributed by atoms with Crippen molar-refractivity contribution in [2.75, 3.05) is 13.1 Å². The van der Waals surface area contributed by atoms with Crippen molar-refractivity contribution in [1.29, 1.82) is 0 Å². The molecule has 0 radical (unpaired) electrons. The molecule has 0 aliphatic heterocycles. The summed E-state index contributed by atoms with van der Waals surface area (Å²) in [6.07, 6.45) is 2.98. The Balaban J connectivity index is 1.71. The lowest BCUT2D eigenvalue weighted by molar-refractivity contribution is 0.0741. The highest BCUT2D eigenvalue weighted by Gasteiger charge is 2.20. The summed E-state index contributed by atoms with van der Waals surface area (Å²) in [7, 11) is 0. The molecule has 0 atom stereocenters. The zero-order valence-corrected chi connectivity index (χ0v) is 21.2. The van der Waals surface area contributed by atoms with E-state index in [1.165, 1.54) is 0 Å². The smallest absolute Gasteiger partial charge is 0.253 e. The molecule has 2 aromatic carbocycles. The molecule has 0 saturated heterocycles. The van der Waals surface area contributed by atoms with Crippen LogP contribution >= 0.6 is 0 Å². The first-order valence-electron chi connectivity index (χ1n) is 12.7. The molecular formula is C29H37N3O2. The number of hydrogen-bond donors (Lipinski definition) is 0. The number of benzene rings is 2. The van der Waals surface area contributed by atoms with Crippen LogP contribution in [0.4, 0.5) is 0 Å². The minimum absolute atomic E-state index is 0.109. The van der Waals surface area contributed by atoms with Gasteiger partial charge in [-0.1, -0.05) is 52.8 Å². The van der Waals surface area contributed by atoms with Gasteiger partial charge in [-0.25, -0.2) is 4.98 Å². The number of carbonyl (C=O) groups is 1. The highest BCUT2D eigenvalue weighted by Crippen LogP contribution is 2.31. The van der Waals surface area contributed by atoms with Gasteiger partial charge in [-0.15, -0.1) is 0 Å². The number of nitrogens with zero attached hydrogens (tertiary/aromatic N) is 3. The Morgan fingerprint density at radius 2 is 1.71 bits per heavy atom. The number of furan rings is 1. The van der Waals surface area contributed by atoms with Gasteiger partial charge in [-0.05, 0) is 61.4 Å². The maximum absolute atomic E-state index is 13.6. The molecule has 2 heterocycles. The number of para-hydroxylation sites is 1. The van der Waals surface area contributed by atoms with Crippen LogP contribution < -0.4 is 0 Å². The minimum atomic E-state index is 0.109. The van der Waals surface area contributed by atoms with Gasteiger partial charge in [-0.3, -0.25) is 4.79 Å². The van der Waals surface area contributed by atoms with E-state index < -0.39 is 0 Å². The van der Waals surface area contributed by atoms with Gasteiger partial charge >= 0.3 is 0 Å². The van der Waals surface area contributed by atoms with E-state index in [1.807, 2.05) is 47.4 Å². The van der Waals surface area contributed by atoms with Crippen LogP contribution in [0.3, 0.4) is 0 Å². The van der Waals surface area contributed by atoms with E-state index in [4.69, 9.17) is 9.40 Å². The van der Waals surface area contributed by atoms with Gasteiger partial charge in [0, 0.05) is 30.6 Å². The molecule has 4 aromatic rings. The third-order valence-corrected chi connectivity index (χ3v) is 6.33. The highest BCUT2D eigenvalue weighted by molar-refractivity contribution is 5.98. The molecular weight excluding hydrogens is 422 g/mol. The van der Waals surface area contributed by atoms with Gasteiger partial charge in [0.15, 0.2) is 11.6 Å². The highest BCUT2D eigenvalue weighted by atomic mass is 16.3. The van der Waals surface area contributed by atoms with Crippen molar-refractivity contribution >= 4 is 27.9 Å². The van der Waals surface area contributed by atoms with Gasteiger partial charge in [-0.2, -0.15) is 0 Å². The number of aryl methyl sites for hydroxylation is 1. The SMILES string of the molecule is CCCn1c(-c2cc3ccccc3o2)nc2ccc(C(=O)N(CCC(C)C)CCC(C)C)cc21. The van der Waals surface area contributed by atoms with Crippen molar-refractivity contribution in [3.8, 4) is 11.6 Å². The molecule has 5 heteroatoms. The lowest BCUT2D eigenvalue weighted by Crippen LogP contribution is -2.34. The van der Waals surface area contributed by atoms with E-state index in [9.17, 15) is 4.79 Å². The predicted molar refractivity (Wildman–Crippen MR) is 140 cm³/mol. The van der Waals surface area contributed by atoms with Crippen molar-refractivity contribution < 1.29 is 9.21 Å². The van der Waals surface area contributed by atoms with E-state index in [0.717, 1.165) is 78.0 Å². The van der Waals surface area contributed by atoms with Crippen LogP contribution in [-0.2, 0) is 6.54 Å². The van der Waals surface area contributed by atoms with Gasteiger partial charge in [0.05, 0.1) is 11.0 Å². The number of fused-ring (bicyclic) bond motifs is 2. The summed E-state index contributed by atoms with van der Waals surface area (Å²) in [5.74, 6) is 2.81. The molecule has 0 fully saturated rings. The average Bonchev–Trinajstić information content (AvgIpc) is 3.40. The number of rotatable bonds is 10. The molecule has 0 N–H and O–H groups in total. The van der Waals surface area contributed by atoms with Crippen molar-refractivity contribution in [2.45, 2.75) is 60.4 Å². The summed E-state index contributed by atoms with van der Waals surface area (Å²) < 4.78 is 8.33. The Morgan fingerprint density at radius 3 is 2.35 bits per heavy atom. The normalized spacial score (nSPS) is 11.9. The van der Waals surface area contributed by atoms with Crippen LogP contribution in [0.15, 0.2) is 52.9 Å². The van der Waals surface area contributed by atoms with Crippen LogP contribution in [0.1, 0.15) is 64.2 Å². The maximum atomic E-state index is 13.6. The zero-order valence-electron chi connectivity index (χ0n) is 21.2. The summed E-state index contributed by atoms with van der Waals surface area (Å²) in [4.78, 5) is 20.5. The van der Waals surface area contributed by atoms with Crippen LogP contribution in [0.5, 0.6) is 0 Å². The van der Waals surface area contributed by atoms with E-state index in [0.29, 0.717) is 11.8 Å². The largest absolute Gasteiger partial charge is 0.453 e. The first-order chi connectivity index (χ1) is 16.4. The van der Waals surface area contributed by atoms with Crippen molar-refractivity contribution in [3.05, 3.63) is 54.1 Å². The van der Waals surface area contributed by atoms with Crippen molar-refractivity contribution in [1.82, 2.24) is 14.5 Å². The van der Waals surface area contributed by atoms with Crippen molar-refractivity contribution in [3.63, 3.8) is 0 Å². The van der Waals surface area contributed by atoms with Crippen LogP contribution in [0.2, 0.25) is 0 Å². The van der Waals surface area contributed by atoms with Crippen LogP contribution in [-0.4, -0.2) is 33.4 Å².